The Morgan fingerprint density at radius 3 is 1.52 bits per heavy atom. The highest BCUT2D eigenvalue weighted by molar-refractivity contribution is 8.00. The Bertz CT molecular complexity index is 1060. The number of alkyl halides is 6. The van der Waals surface area contributed by atoms with E-state index in [2.05, 4.69) is 30.4 Å². The molecule has 0 unspecified atom stereocenters. The maximum atomic E-state index is 12.9. The van der Waals surface area contributed by atoms with Crippen LogP contribution in [-0.4, -0.2) is 44.4 Å². The molecule has 0 N–H and O–H groups in total. The average molecular weight is 487 g/mol. The van der Waals surface area contributed by atoms with Gasteiger partial charge in [-0.3, -0.25) is 10.1 Å². The molecule has 3 aromatic heterocycles. The number of nitro groups is 1. The van der Waals surface area contributed by atoms with Gasteiger partial charge in [0.2, 0.25) is 11.6 Å². The molecule has 0 amide bonds. The Hall–Kier alpha value is -2.96. The van der Waals surface area contributed by atoms with E-state index in [4.69, 9.17) is 0 Å². The van der Waals surface area contributed by atoms with Crippen molar-refractivity contribution >= 4 is 29.2 Å². The molecular formula is C12H7F6N9O2S2. The molecule has 0 spiro atoms. The van der Waals surface area contributed by atoms with Crippen LogP contribution in [0, 0.1) is 10.1 Å². The van der Waals surface area contributed by atoms with Crippen LogP contribution in [0.5, 0.6) is 0 Å². The number of hydrogen-bond acceptors (Lipinski definition) is 10. The zero-order chi connectivity index (χ0) is 23.1. The minimum absolute atomic E-state index is 0.358. The molecule has 0 aliphatic carbocycles. The molecule has 11 nitrogen and oxygen atoms in total. The Kier molecular flexibility index (Phi) is 5.82. The molecule has 0 atom stereocenters. The third kappa shape index (κ3) is 4.55. The third-order valence-electron chi connectivity index (χ3n) is 3.49. The Labute approximate surface area is 175 Å². The van der Waals surface area contributed by atoms with Crippen LogP contribution in [0.15, 0.2) is 26.7 Å². The van der Waals surface area contributed by atoms with Gasteiger partial charge in [-0.05, 0) is 23.5 Å². The van der Waals surface area contributed by atoms with Crippen LogP contribution in [0.25, 0.3) is 0 Å². The number of hydrogen-bond donors (Lipinski definition) is 0. The van der Waals surface area contributed by atoms with Gasteiger partial charge in [-0.15, -0.1) is 20.4 Å². The summed E-state index contributed by atoms with van der Waals surface area (Å²) >= 11 is 0.810. The minimum Gasteiger partial charge on any atom is -0.301 e. The van der Waals surface area contributed by atoms with Gasteiger partial charge in [0.1, 0.15) is 6.33 Å². The lowest BCUT2D eigenvalue weighted by Gasteiger charge is -2.08. The van der Waals surface area contributed by atoms with E-state index >= 15 is 0 Å². The second kappa shape index (κ2) is 7.94. The number of aromatic nitrogens is 8. The first-order valence-electron chi connectivity index (χ1n) is 7.59. The fraction of sp³-hybridized carbons (Fsp3) is 0.333. The van der Waals surface area contributed by atoms with E-state index in [1.807, 2.05) is 0 Å². The average Bonchev–Trinajstić information content (AvgIpc) is 3.18. The van der Waals surface area contributed by atoms with Crippen LogP contribution < -0.4 is 0 Å². The fourth-order valence-electron chi connectivity index (χ4n) is 2.13. The fourth-order valence-corrected chi connectivity index (χ4v) is 3.88. The second-order valence-electron chi connectivity index (χ2n) is 5.52. The van der Waals surface area contributed by atoms with Gasteiger partial charge in [0.15, 0.2) is 20.4 Å². The van der Waals surface area contributed by atoms with Gasteiger partial charge in [0.25, 0.3) is 0 Å². The molecule has 3 rings (SSSR count). The topological polar surface area (TPSA) is 130 Å². The van der Waals surface area contributed by atoms with Crippen LogP contribution in [0.3, 0.4) is 0 Å². The molecule has 0 bridgehead atoms. The van der Waals surface area contributed by atoms with Gasteiger partial charge >= 0.3 is 18.0 Å². The molecule has 166 valence electrons. The monoisotopic (exact) mass is 487 g/mol. The molecule has 0 radical (unpaired) electrons. The van der Waals surface area contributed by atoms with Crippen molar-refractivity contribution in [1.29, 1.82) is 0 Å². The summed E-state index contributed by atoms with van der Waals surface area (Å²) in [6.45, 7) is 0. The van der Waals surface area contributed by atoms with Crippen molar-refractivity contribution in [2.45, 2.75) is 32.7 Å². The van der Waals surface area contributed by atoms with Crippen LogP contribution in [0.4, 0.5) is 32.0 Å². The zero-order valence-electron chi connectivity index (χ0n) is 15.0. The van der Waals surface area contributed by atoms with Crippen molar-refractivity contribution in [2.24, 2.45) is 14.1 Å². The molecule has 0 saturated heterocycles. The van der Waals surface area contributed by atoms with Crippen molar-refractivity contribution in [3.05, 3.63) is 28.1 Å². The maximum absolute atomic E-state index is 12.9. The van der Waals surface area contributed by atoms with Crippen molar-refractivity contribution in [3.63, 3.8) is 0 Å². The molecule has 3 aromatic rings. The first kappa shape index (κ1) is 22.7. The van der Waals surface area contributed by atoms with Crippen LogP contribution in [0.1, 0.15) is 11.6 Å². The predicted octanol–water partition coefficient (Wildman–Crippen LogP) is 2.98. The predicted molar refractivity (Wildman–Crippen MR) is 88.9 cm³/mol. The Morgan fingerprint density at radius 2 is 1.23 bits per heavy atom. The number of halogens is 6. The molecule has 0 fully saturated rings. The van der Waals surface area contributed by atoms with E-state index in [9.17, 15) is 36.5 Å². The smallest absolute Gasteiger partial charge is 0.301 e. The highest BCUT2D eigenvalue weighted by Gasteiger charge is 2.39. The minimum atomic E-state index is -4.80. The van der Waals surface area contributed by atoms with E-state index in [0.29, 0.717) is 32.7 Å². The normalized spacial score (nSPS) is 12.4. The van der Waals surface area contributed by atoms with Crippen LogP contribution in [0.2, 0.25) is 0 Å². The molecule has 0 saturated carbocycles. The lowest BCUT2D eigenvalue weighted by Crippen LogP contribution is -2.13. The first-order chi connectivity index (χ1) is 14.3. The summed E-state index contributed by atoms with van der Waals surface area (Å²) in [4.78, 5) is 18.0. The molecular weight excluding hydrogens is 480 g/mol. The van der Waals surface area contributed by atoms with Gasteiger partial charge in [0.05, 0.1) is 4.92 Å². The second-order valence-corrected chi connectivity index (χ2v) is 7.43. The summed E-state index contributed by atoms with van der Waals surface area (Å²) in [7, 11) is 2.01. The number of rotatable bonds is 5. The van der Waals surface area contributed by atoms with Crippen LogP contribution in [-0.2, 0) is 26.4 Å². The van der Waals surface area contributed by atoms with Gasteiger partial charge in [-0.1, -0.05) is 0 Å². The van der Waals surface area contributed by atoms with Gasteiger partial charge < -0.3 is 9.13 Å². The number of nitrogens with zero attached hydrogens (tertiary/aromatic N) is 9. The molecule has 19 heteroatoms. The highest BCUT2D eigenvalue weighted by atomic mass is 32.2. The van der Waals surface area contributed by atoms with Gasteiger partial charge in [0, 0.05) is 14.1 Å². The third-order valence-corrected chi connectivity index (χ3v) is 5.55. The van der Waals surface area contributed by atoms with Crippen molar-refractivity contribution < 1.29 is 31.3 Å². The van der Waals surface area contributed by atoms with E-state index in [1.165, 1.54) is 0 Å². The lowest BCUT2D eigenvalue weighted by molar-refractivity contribution is -0.391. The molecule has 31 heavy (non-hydrogen) atoms. The molecule has 0 aromatic carbocycles. The summed E-state index contributed by atoms with van der Waals surface area (Å²) in [6.07, 6.45) is -8.75. The SMILES string of the molecule is Cn1c(Sc2ncnc(Sc3nnc(C(F)(F)F)n3C)c2[N+](=O)[O-])nnc1C(F)(F)F. The standard InChI is InChI=1S/C12H7F6N9O2S2/c1-25-7(11(13,14)15)21-23-9(25)30-5-4(27(28)29)6(20-3-19-5)31-10-24-22-8(26(10)2)12(16,17)18/h3H,1-2H3. The molecule has 3 heterocycles. The van der Waals surface area contributed by atoms with Crippen LogP contribution >= 0.6 is 23.5 Å². The zero-order valence-corrected chi connectivity index (χ0v) is 16.6. The van der Waals surface area contributed by atoms with Gasteiger partial charge in [-0.25, -0.2) is 9.97 Å². The molecule has 0 aliphatic heterocycles. The van der Waals surface area contributed by atoms with Crippen molar-refractivity contribution in [3.8, 4) is 0 Å². The Morgan fingerprint density at radius 1 is 0.839 bits per heavy atom. The molecule has 0 aliphatic rings. The quantitative estimate of drug-likeness (QED) is 0.229. The van der Waals surface area contributed by atoms with E-state index < -0.39 is 44.7 Å². The summed E-state index contributed by atoms with van der Waals surface area (Å²) in [5.41, 5.74) is -0.759. The largest absolute Gasteiger partial charge is 0.451 e. The van der Waals surface area contributed by atoms with Crippen molar-refractivity contribution in [1.82, 2.24) is 39.5 Å². The van der Waals surface area contributed by atoms with Crippen molar-refractivity contribution in [2.75, 3.05) is 0 Å². The first-order valence-corrected chi connectivity index (χ1v) is 9.22. The van der Waals surface area contributed by atoms with E-state index in [-0.39, 0.29) is 10.3 Å². The summed E-state index contributed by atoms with van der Waals surface area (Å²) < 4.78 is 78.4. The lowest BCUT2D eigenvalue weighted by atomic mass is 10.5. The summed E-state index contributed by atoms with van der Waals surface area (Å²) in [5, 5.41) is 22.8. The maximum Gasteiger partial charge on any atom is 0.451 e. The Balaban J connectivity index is 1.99. The van der Waals surface area contributed by atoms with E-state index in [0.717, 1.165) is 20.4 Å². The highest BCUT2D eigenvalue weighted by Crippen LogP contribution is 2.41. The summed E-state index contributed by atoms with van der Waals surface area (Å²) in [5.74, 6) is -2.67. The summed E-state index contributed by atoms with van der Waals surface area (Å²) in [6, 6.07) is 0. The van der Waals surface area contributed by atoms with E-state index in [1.54, 1.807) is 0 Å². The van der Waals surface area contributed by atoms with Gasteiger partial charge in [-0.2, -0.15) is 26.3 Å².